The molecule has 1 aromatic carbocycles. The van der Waals surface area contributed by atoms with Gasteiger partial charge in [0.1, 0.15) is 5.78 Å². The Hall–Kier alpha value is -1.64. The van der Waals surface area contributed by atoms with Crippen LogP contribution in [-0.4, -0.2) is 16.9 Å². The molecule has 0 amide bonds. The lowest BCUT2D eigenvalue weighted by atomic mass is 9.90. The van der Waals surface area contributed by atoms with E-state index in [4.69, 9.17) is 0 Å². The molecule has 3 heteroatoms. The fraction of sp³-hybridized carbons (Fsp3) is 0.467. The Morgan fingerprint density at radius 3 is 2.61 bits per heavy atom. The highest BCUT2D eigenvalue weighted by Crippen LogP contribution is 2.67. The number of carbonyl (C=O) groups excluding carboxylic acids is 1. The number of benzene rings is 1. The third kappa shape index (κ3) is 1.43. The largest absolute Gasteiger partial charge is 0.481 e. The number of carbonyl (C=O) groups is 2. The molecule has 0 spiro atoms. The van der Waals surface area contributed by atoms with E-state index in [-0.39, 0.29) is 11.7 Å². The first-order valence-electron chi connectivity index (χ1n) is 6.37. The standard InChI is InChI=1S/C15H16O3/c1-9-2-4-10(5-3-9)8-15-11(6-7-12(15)16)13(15)14(17)18/h2-5,11,13H,6-8H2,1H3,(H,17,18)/t11-,13-,15-/m1/s1. The van der Waals surface area contributed by atoms with Crippen molar-refractivity contribution in [2.24, 2.45) is 17.3 Å². The van der Waals surface area contributed by atoms with E-state index in [1.54, 1.807) is 0 Å². The van der Waals surface area contributed by atoms with E-state index in [0.717, 1.165) is 12.0 Å². The third-order valence-corrected chi connectivity index (χ3v) is 4.59. The van der Waals surface area contributed by atoms with Gasteiger partial charge in [-0.15, -0.1) is 0 Å². The summed E-state index contributed by atoms with van der Waals surface area (Å²) in [6.07, 6.45) is 1.90. The summed E-state index contributed by atoms with van der Waals surface area (Å²) in [6.45, 7) is 2.02. The summed E-state index contributed by atoms with van der Waals surface area (Å²) in [6, 6.07) is 8.03. The minimum absolute atomic E-state index is 0.0730. The predicted molar refractivity (Wildman–Crippen MR) is 66.2 cm³/mol. The highest BCUT2D eigenvalue weighted by molar-refractivity contribution is 5.98. The zero-order valence-corrected chi connectivity index (χ0v) is 10.3. The number of carboxylic acid groups (broad SMARTS) is 1. The normalized spacial score (nSPS) is 33.3. The third-order valence-electron chi connectivity index (χ3n) is 4.59. The van der Waals surface area contributed by atoms with Crippen molar-refractivity contribution in [1.82, 2.24) is 0 Å². The monoisotopic (exact) mass is 244 g/mol. The summed E-state index contributed by atoms with van der Waals surface area (Å²) in [7, 11) is 0. The zero-order chi connectivity index (χ0) is 12.9. The molecule has 3 nitrogen and oxygen atoms in total. The number of aryl methyl sites for hydroxylation is 1. The molecule has 3 atom stereocenters. The van der Waals surface area contributed by atoms with E-state index in [2.05, 4.69) is 0 Å². The fourth-order valence-electron chi connectivity index (χ4n) is 3.62. The number of rotatable bonds is 3. The van der Waals surface area contributed by atoms with E-state index in [0.29, 0.717) is 12.8 Å². The number of carboxylic acids is 1. The summed E-state index contributed by atoms with van der Waals surface area (Å²) in [5.74, 6) is -1.02. The lowest BCUT2D eigenvalue weighted by molar-refractivity contribution is -0.142. The summed E-state index contributed by atoms with van der Waals surface area (Å²) in [5, 5.41) is 9.21. The Kier molecular flexibility index (Phi) is 2.34. The Balaban J connectivity index is 1.88. The first-order valence-corrected chi connectivity index (χ1v) is 6.37. The van der Waals surface area contributed by atoms with Gasteiger partial charge in [-0.05, 0) is 31.2 Å². The molecule has 0 radical (unpaired) electrons. The minimum Gasteiger partial charge on any atom is -0.481 e. The van der Waals surface area contributed by atoms with Crippen LogP contribution in [0.4, 0.5) is 0 Å². The highest BCUT2D eigenvalue weighted by atomic mass is 16.4. The zero-order valence-electron chi connectivity index (χ0n) is 10.3. The molecule has 2 aliphatic carbocycles. The lowest BCUT2D eigenvalue weighted by Crippen LogP contribution is -2.22. The molecule has 0 aliphatic heterocycles. The predicted octanol–water partition coefficient (Wildman–Crippen LogP) is 2.22. The summed E-state index contributed by atoms with van der Waals surface area (Å²) in [5.41, 5.74) is 1.67. The van der Waals surface area contributed by atoms with E-state index in [1.165, 1.54) is 5.56 Å². The second-order valence-corrected chi connectivity index (χ2v) is 5.59. The van der Waals surface area contributed by atoms with E-state index in [1.807, 2.05) is 31.2 Å². The lowest BCUT2D eigenvalue weighted by Gasteiger charge is -2.12. The quantitative estimate of drug-likeness (QED) is 0.887. The second kappa shape index (κ2) is 3.67. The van der Waals surface area contributed by atoms with Gasteiger partial charge in [0.15, 0.2) is 0 Å². The summed E-state index contributed by atoms with van der Waals surface area (Å²) < 4.78 is 0. The number of fused-ring (bicyclic) bond motifs is 1. The molecular formula is C15H16O3. The molecular weight excluding hydrogens is 228 g/mol. The van der Waals surface area contributed by atoms with Gasteiger partial charge in [0.05, 0.1) is 11.3 Å². The minimum atomic E-state index is -0.805. The van der Waals surface area contributed by atoms with Crippen LogP contribution in [-0.2, 0) is 16.0 Å². The number of ketones is 1. The van der Waals surface area contributed by atoms with Gasteiger partial charge in [-0.1, -0.05) is 29.8 Å². The maximum Gasteiger partial charge on any atom is 0.307 e. The van der Waals surface area contributed by atoms with Gasteiger partial charge >= 0.3 is 5.97 Å². The Morgan fingerprint density at radius 2 is 2.06 bits per heavy atom. The van der Waals surface area contributed by atoms with Gasteiger partial charge in [-0.2, -0.15) is 0 Å². The molecule has 0 heterocycles. The Morgan fingerprint density at radius 1 is 1.39 bits per heavy atom. The number of Topliss-reactive ketones (excluding diaryl/α,β-unsaturated/α-hetero) is 1. The Labute approximate surface area is 106 Å². The molecule has 94 valence electrons. The van der Waals surface area contributed by atoms with E-state index < -0.39 is 17.3 Å². The van der Waals surface area contributed by atoms with Crippen molar-refractivity contribution in [2.75, 3.05) is 0 Å². The van der Waals surface area contributed by atoms with Crippen LogP contribution >= 0.6 is 0 Å². The first-order chi connectivity index (χ1) is 8.55. The average molecular weight is 244 g/mol. The van der Waals surface area contributed by atoms with Crippen LogP contribution in [0.3, 0.4) is 0 Å². The van der Waals surface area contributed by atoms with Crippen molar-refractivity contribution >= 4 is 11.8 Å². The summed E-state index contributed by atoms with van der Waals surface area (Å²) in [4.78, 5) is 23.3. The van der Waals surface area contributed by atoms with E-state index >= 15 is 0 Å². The van der Waals surface area contributed by atoms with Crippen molar-refractivity contribution < 1.29 is 14.7 Å². The molecule has 0 bridgehead atoms. The molecule has 2 fully saturated rings. The average Bonchev–Trinajstić information content (AvgIpc) is 2.88. The Bertz CT molecular complexity index is 517. The summed E-state index contributed by atoms with van der Waals surface area (Å²) >= 11 is 0. The van der Waals surface area contributed by atoms with Gasteiger partial charge in [-0.3, -0.25) is 9.59 Å². The smallest absolute Gasteiger partial charge is 0.307 e. The van der Waals surface area contributed by atoms with Crippen LogP contribution in [0.25, 0.3) is 0 Å². The molecule has 0 aromatic heterocycles. The van der Waals surface area contributed by atoms with Crippen molar-refractivity contribution in [3.05, 3.63) is 35.4 Å². The van der Waals surface area contributed by atoms with Crippen LogP contribution in [0.5, 0.6) is 0 Å². The van der Waals surface area contributed by atoms with E-state index in [9.17, 15) is 14.7 Å². The molecule has 2 saturated carbocycles. The second-order valence-electron chi connectivity index (χ2n) is 5.59. The van der Waals surface area contributed by atoms with Crippen LogP contribution in [0.2, 0.25) is 0 Å². The van der Waals surface area contributed by atoms with Gasteiger partial charge in [0.25, 0.3) is 0 Å². The van der Waals surface area contributed by atoms with Crippen LogP contribution in [0.15, 0.2) is 24.3 Å². The van der Waals surface area contributed by atoms with Crippen LogP contribution in [0.1, 0.15) is 24.0 Å². The van der Waals surface area contributed by atoms with Crippen molar-refractivity contribution in [2.45, 2.75) is 26.2 Å². The maximum absolute atomic E-state index is 12.1. The molecule has 1 aromatic rings. The number of hydrogen-bond donors (Lipinski definition) is 1. The SMILES string of the molecule is Cc1ccc(C[C@]23C(=O)CC[C@@H]2[C@@H]3C(=O)O)cc1. The first kappa shape index (κ1) is 11.5. The molecule has 1 N–H and O–H groups in total. The van der Waals surface area contributed by atoms with Crippen molar-refractivity contribution in [1.29, 1.82) is 0 Å². The molecule has 0 saturated heterocycles. The molecule has 0 unspecified atom stereocenters. The van der Waals surface area contributed by atoms with Crippen LogP contribution in [0, 0.1) is 24.2 Å². The van der Waals surface area contributed by atoms with Crippen LogP contribution < -0.4 is 0 Å². The highest BCUT2D eigenvalue weighted by Gasteiger charge is 2.74. The molecule has 2 aliphatic rings. The van der Waals surface area contributed by atoms with Crippen molar-refractivity contribution in [3.63, 3.8) is 0 Å². The fourth-order valence-corrected chi connectivity index (χ4v) is 3.62. The van der Waals surface area contributed by atoms with Gasteiger partial charge in [-0.25, -0.2) is 0 Å². The van der Waals surface area contributed by atoms with Crippen molar-refractivity contribution in [3.8, 4) is 0 Å². The topological polar surface area (TPSA) is 54.4 Å². The number of aliphatic carboxylic acids is 1. The molecule has 3 rings (SSSR count). The van der Waals surface area contributed by atoms with Gasteiger partial charge in [0.2, 0.25) is 0 Å². The molecule has 18 heavy (non-hydrogen) atoms. The van der Waals surface area contributed by atoms with Gasteiger partial charge < -0.3 is 5.11 Å². The maximum atomic E-state index is 12.1. The number of hydrogen-bond acceptors (Lipinski definition) is 2. The van der Waals surface area contributed by atoms with Gasteiger partial charge in [0, 0.05) is 6.42 Å².